The topological polar surface area (TPSA) is 67.1 Å². The molecule has 0 aliphatic heterocycles. The van der Waals surface area contributed by atoms with E-state index < -0.39 is 0 Å². The van der Waals surface area contributed by atoms with E-state index in [0.717, 1.165) is 29.5 Å². The first-order valence-electron chi connectivity index (χ1n) is 16.8. The zero-order valence-electron chi connectivity index (χ0n) is 27.9. The zero-order valence-corrected chi connectivity index (χ0v) is 27.9. The summed E-state index contributed by atoms with van der Waals surface area (Å²) in [6.45, 7) is 2.80. The number of rotatable bonds is 18. The average molecular weight is 635 g/mol. The SMILES string of the molecule is CCCCCCCCCCc1ccc2c(=O)c(OCc3ccccc3)c(-c3cc(OC)c(OCc4ccccc4)c(OC)c3)oc2c1. The number of benzene rings is 4. The van der Waals surface area contributed by atoms with Crippen molar-refractivity contribution in [2.24, 2.45) is 0 Å². The summed E-state index contributed by atoms with van der Waals surface area (Å²) in [5.41, 5.74) is 3.99. The molecule has 6 nitrogen and oxygen atoms in total. The number of hydrogen-bond donors (Lipinski definition) is 0. The van der Waals surface area contributed by atoms with Crippen LogP contribution in [-0.2, 0) is 19.6 Å². The molecular formula is C41H46O6. The molecule has 0 aliphatic rings. The first-order valence-corrected chi connectivity index (χ1v) is 16.8. The molecule has 0 saturated heterocycles. The van der Waals surface area contributed by atoms with Gasteiger partial charge in [-0.2, -0.15) is 0 Å². The largest absolute Gasteiger partial charge is 0.493 e. The van der Waals surface area contributed by atoms with Crippen LogP contribution in [0.1, 0.15) is 75.0 Å². The lowest BCUT2D eigenvalue weighted by Crippen LogP contribution is -2.10. The van der Waals surface area contributed by atoms with Crippen molar-refractivity contribution in [3.63, 3.8) is 0 Å². The van der Waals surface area contributed by atoms with Gasteiger partial charge < -0.3 is 23.4 Å². The summed E-state index contributed by atoms with van der Waals surface area (Å²) in [6, 6.07) is 29.1. The zero-order chi connectivity index (χ0) is 32.8. The third-order valence-electron chi connectivity index (χ3n) is 8.41. The van der Waals surface area contributed by atoms with Crippen LogP contribution in [0, 0.1) is 0 Å². The Morgan fingerprint density at radius 1 is 0.596 bits per heavy atom. The first-order chi connectivity index (χ1) is 23.1. The van der Waals surface area contributed by atoms with Crippen LogP contribution in [0.25, 0.3) is 22.3 Å². The van der Waals surface area contributed by atoms with Gasteiger partial charge in [-0.15, -0.1) is 0 Å². The highest BCUT2D eigenvalue weighted by molar-refractivity contribution is 5.83. The van der Waals surface area contributed by atoms with Crippen molar-refractivity contribution in [3.05, 3.63) is 118 Å². The second-order valence-corrected chi connectivity index (χ2v) is 11.9. The molecule has 5 aromatic rings. The van der Waals surface area contributed by atoms with E-state index in [1.807, 2.05) is 78.9 Å². The maximum atomic E-state index is 14.0. The fourth-order valence-electron chi connectivity index (χ4n) is 5.77. The number of aryl methyl sites for hydroxylation is 1. The van der Waals surface area contributed by atoms with E-state index in [4.69, 9.17) is 23.4 Å². The number of hydrogen-bond acceptors (Lipinski definition) is 6. The van der Waals surface area contributed by atoms with Crippen LogP contribution in [0.3, 0.4) is 0 Å². The Bertz CT molecular complexity index is 1740. The Hall–Kier alpha value is -4.71. The molecule has 0 saturated carbocycles. The van der Waals surface area contributed by atoms with E-state index in [9.17, 15) is 4.79 Å². The fourth-order valence-corrected chi connectivity index (χ4v) is 5.77. The molecule has 0 spiro atoms. The van der Waals surface area contributed by atoms with Gasteiger partial charge in [-0.3, -0.25) is 4.79 Å². The van der Waals surface area contributed by atoms with E-state index in [1.165, 1.54) is 44.9 Å². The standard InChI is InChI=1S/C41H46O6/c1-4-5-6-7-8-9-10-13-18-30-23-24-34-35(25-30)47-39(41(38(34)42)46-29-32-21-16-12-17-22-32)33-26-36(43-2)40(37(27-33)44-3)45-28-31-19-14-11-15-20-31/h11-12,14-17,19-27H,4-10,13,18,28-29H2,1-3H3. The Morgan fingerprint density at radius 3 is 1.72 bits per heavy atom. The Kier molecular flexibility index (Phi) is 12.4. The molecule has 0 atom stereocenters. The van der Waals surface area contributed by atoms with Gasteiger partial charge in [-0.25, -0.2) is 0 Å². The monoisotopic (exact) mass is 634 g/mol. The van der Waals surface area contributed by atoms with Crippen LogP contribution < -0.4 is 24.4 Å². The molecule has 0 N–H and O–H groups in total. The van der Waals surface area contributed by atoms with E-state index in [1.54, 1.807) is 26.4 Å². The van der Waals surface area contributed by atoms with Crippen molar-refractivity contribution in [2.75, 3.05) is 14.2 Å². The third kappa shape index (κ3) is 8.97. The van der Waals surface area contributed by atoms with Crippen LogP contribution in [0.4, 0.5) is 0 Å². The maximum absolute atomic E-state index is 14.0. The Labute approximate surface area is 278 Å². The second kappa shape index (κ2) is 17.3. The maximum Gasteiger partial charge on any atom is 0.235 e. The van der Waals surface area contributed by atoms with Gasteiger partial charge in [0, 0.05) is 5.56 Å². The summed E-state index contributed by atoms with van der Waals surface area (Å²) in [6.07, 6.45) is 11.1. The smallest absolute Gasteiger partial charge is 0.235 e. The molecule has 1 aromatic heterocycles. The highest BCUT2D eigenvalue weighted by atomic mass is 16.5. The molecule has 4 aromatic carbocycles. The highest BCUT2D eigenvalue weighted by Gasteiger charge is 2.23. The molecule has 5 rings (SSSR count). The van der Waals surface area contributed by atoms with Crippen molar-refractivity contribution in [3.8, 4) is 34.3 Å². The van der Waals surface area contributed by atoms with Gasteiger partial charge in [0.15, 0.2) is 17.3 Å². The summed E-state index contributed by atoms with van der Waals surface area (Å²) >= 11 is 0. The van der Waals surface area contributed by atoms with Crippen molar-refractivity contribution in [2.45, 2.75) is 77.9 Å². The van der Waals surface area contributed by atoms with Gasteiger partial charge in [0.25, 0.3) is 0 Å². The summed E-state index contributed by atoms with van der Waals surface area (Å²) in [5, 5.41) is 0.484. The third-order valence-corrected chi connectivity index (χ3v) is 8.41. The first kappa shape index (κ1) is 33.6. The number of unbranched alkanes of at least 4 members (excludes halogenated alkanes) is 7. The highest BCUT2D eigenvalue weighted by Crippen LogP contribution is 2.44. The Balaban J connectivity index is 1.46. The van der Waals surface area contributed by atoms with E-state index >= 15 is 0 Å². The van der Waals surface area contributed by atoms with Gasteiger partial charge >= 0.3 is 0 Å². The van der Waals surface area contributed by atoms with E-state index in [-0.39, 0.29) is 17.8 Å². The minimum atomic E-state index is -0.224. The van der Waals surface area contributed by atoms with Gasteiger partial charge in [0.2, 0.25) is 16.9 Å². The lowest BCUT2D eigenvalue weighted by Gasteiger charge is -2.17. The van der Waals surface area contributed by atoms with Crippen LogP contribution in [0.15, 0.2) is 100 Å². The minimum absolute atomic E-state index is 0.138. The molecule has 0 fully saturated rings. The quantitative estimate of drug-likeness (QED) is 0.0894. The number of methoxy groups -OCH3 is 2. The normalized spacial score (nSPS) is 11.0. The van der Waals surface area contributed by atoms with Crippen molar-refractivity contribution < 1.29 is 23.4 Å². The van der Waals surface area contributed by atoms with Crippen molar-refractivity contribution in [1.82, 2.24) is 0 Å². The molecule has 6 heteroatoms. The molecule has 0 bridgehead atoms. The lowest BCUT2D eigenvalue weighted by molar-refractivity contribution is 0.266. The Morgan fingerprint density at radius 2 is 1.15 bits per heavy atom. The molecule has 47 heavy (non-hydrogen) atoms. The van der Waals surface area contributed by atoms with Crippen molar-refractivity contribution >= 4 is 11.0 Å². The summed E-state index contributed by atoms with van der Waals surface area (Å²) in [4.78, 5) is 14.0. The number of fused-ring (bicyclic) bond motifs is 1. The van der Waals surface area contributed by atoms with E-state index in [2.05, 4.69) is 6.92 Å². The van der Waals surface area contributed by atoms with Crippen LogP contribution >= 0.6 is 0 Å². The van der Waals surface area contributed by atoms with Crippen LogP contribution in [0.2, 0.25) is 0 Å². The lowest BCUT2D eigenvalue weighted by atomic mass is 10.0. The second-order valence-electron chi connectivity index (χ2n) is 11.9. The molecule has 0 unspecified atom stereocenters. The van der Waals surface area contributed by atoms with Gasteiger partial charge in [0.05, 0.1) is 19.6 Å². The van der Waals surface area contributed by atoms with Gasteiger partial charge in [-0.1, -0.05) is 119 Å². The summed E-state index contributed by atoms with van der Waals surface area (Å²) < 4.78 is 30.5. The molecule has 246 valence electrons. The molecular weight excluding hydrogens is 588 g/mol. The van der Waals surface area contributed by atoms with Crippen LogP contribution in [-0.4, -0.2) is 14.2 Å². The molecule has 0 aliphatic carbocycles. The summed E-state index contributed by atoms with van der Waals surface area (Å²) in [5.74, 6) is 1.82. The minimum Gasteiger partial charge on any atom is -0.493 e. The van der Waals surface area contributed by atoms with Crippen LogP contribution in [0.5, 0.6) is 23.0 Å². The van der Waals surface area contributed by atoms with Gasteiger partial charge in [0.1, 0.15) is 18.8 Å². The molecule has 0 radical (unpaired) electrons. The molecule has 0 amide bonds. The molecule has 1 heterocycles. The predicted octanol–water partition coefficient (Wildman–Crippen LogP) is 10.3. The fraction of sp³-hybridized carbons (Fsp3) is 0.341. The van der Waals surface area contributed by atoms with E-state index in [0.29, 0.717) is 46.1 Å². The predicted molar refractivity (Wildman–Crippen MR) is 189 cm³/mol. The van der Waals surface area contributed by atoms with Crippen molar-refractivity contribution in [1.29, 1.82) is 0 Å². The number of ether oxygens (including phenoxy) is 4. The average Bonchev–Trinajstić information content (AvgIpc) is 3.11. The summed E-state index contributed by atoms with van der Waals surface area (Å²) in [7, 11) is 3.16. The van der Waals surface area contributed by atoms with Gasteiger partial charge in [-0.05, 0) is 53.8 Å².